The van der Waals surface area contributed by atoms with Crippen LogP contribution in [-0.4, -0.2) is 111 Å². The van der Waals surface area contributed by atoms with E-state index in [2.05, 4.69) is 26.7 Å². The summed E-state index contributed by atoms with van der Waals surface area (Å²) in [4.78, 5) is 57.0. The van der Waals surface area contributed by atoms with Crippen molar-refractivity contribution in [3.05, 3.63) is 70.3 Å². The van der Waals surface area contributed by atoms with E-state index in [0.29, 0.717) is 30.4 Å². The second-order valence-electron chi connectivity index (χ2n) is 18.6. The van der Waals surface area contributed by atoms with Gasteiger partial charge in [-0.3, -0.25) is 19.6 Å². The van der Waals surface area contributed by atoms with Gasteiger partial charge in [-0.2, -0.15) is 0 Å². The molecule has 0 bridgehead atoms. The van der Waals surface area contributed by atoms with E-state index in [1.54, 1.807) is 6.20 Å². The number of aliphatic hydroxyl groups excluding tert-OH is 1. The van der Waals surface area contributed by atoms with E-state index in [-0.39, 0.29) is 48.9 Å². The number of nitrogens with zero attached hydrogens (tertiary/aromatic N) is 8. The monoisotopic (exact) mass is 851 g/mol. The number of hydrogen-bond acceptors (Lipinski definition) is 13. The number of ether oxygens (including phenoxy) is 2. The first-order chi connectivity index (χ1) is 29.5. The molecular weight excluding hydrogens is 785 g/mol. The first-order valence-corrected chi connectivity index (χ1v) is 22.1. The zero-order valence-corrected chi connectivity index (χ0v) is 38.0. The second-order valence-corrected chi connectivity index (χ2v) is 18.6. The third kappa shape index (κ3) is 13.2. The molecule has 334 valence electrons. The van der Waals surface area contributed by atoms with Crippen molar-refractivity contribution < 1.29 is 24.2 Å². The fraction of sp³-hybridized carbons (Fsp3) is 0.574. The van der Waals surface area contributed by atoms with Crippen molar-refractivity contribution in [2.75, 3.05) is 56.8 Å². The Hall–Kier alpha value is -5.12. The van der Waals surface area contributed by atoms with Gasteiger partial charge in [0.25, 0.3) is 0 Å². The first kappa shape index (κ1) is 46.4. The highest BCUT2D eigenvalue weighted by Gasteiger charge is 2.26. The van der Waals surface area contributed by atoms with Gasteiger partial charge in [0.2, 0.25) is 11.8 Å². The highest BCUT2D eigenvalue weighted by molar-refractivity contribution is 5.82. The number of hydrogen-bond donors (Lipinski definition) is 3. The Balaban J connectivity index is 0.000000211. The SMILES string of the molecule is CN(CC(=O)NC(C)(C)C)c1nc(-c2ccc(CCO)cn2)nc2c1CCC2.CN(CC(=O)NC(C)(C)C)c1nc(-c2ccc(CCOC3CCCCO3)cn2)nc2c1CCC2. The topological polar surface area (TPSA) is 181 Å². The maximum atomic E-state index is 12.5. The zero-order valence-electron chi connectivity index (χ0n) is 38.0. The normalized spacial score (nSPS) is 15.9. The number of pyridine rings is 2. The lowest BCUT2D eigenvalue weighted by atomic mass is 10.1. The predicted octanol–water partition coefficient (Wildman–Crippen LogP) is 5.38. The first-order valence-electron chi connectivity index (χ1n) is 22.1. The van der Waals surface area contributed by atoms with E-state index >= 15 is 0 Å². The minimum Gasteiger partial charge on any atom is -0.396 e. The molecule has 2 aliphatic carbocycles. The Bertz CT molecular complexity index is 2130. The third-order valence-electron chi connectivity index (χ3n) is 10.7. The van der Waals surface area contributed by atoms with Crippen LogP contribution in [0, 0.1) is 0 Å². The Kier molecular flexibility index (Phi) is 15.6. The third-order valence-corrected chi connectivity index (χ3v) is 10.7. The van der Waals surface area contributed by atoms with Crippen molar-refractivity contribution in [3.63, 3.8) is 0 Å². The minimum atomic E-state index is -0.267. The molecule has 0 radical (unpaired) electrons. The molecule has 4 aromatic rings. The van der Waals surface area contributed by atoms with E-state index in [1.165, 1.54) is 6.42 Å². The Labute approximate surface area is 366 Å². The molecule has 15 nitrogen and oxygen atoms in total. The molecule has 1 unspecified atom stereocenters. The smallest absolute Gasteiger partial charge is 0.239 e. The number of nitrogens with one attached hydrogen (secondary N) is 2. The van der Waals surface area contributed by atoms with Crippen LogP contribution in [0.5, 0.6) is 0 Å². The molecule has 5 heterocycles. The molecule has 1 fully saturated rings. The van der Waals surface area contributed by atoms with Crippen molar-refractivity contribution in [2.24, 2.45) is 0 Å². The van der Waals surface area contributed by atoms with E-state index in [9.17, 15) is 9.59 Å². The molecule has 3 aliphatic rings. The van der Waals surface area contributed by atoms with Crippen molar-refractivity contribution in [1.82, 2.24) is 40.5 Å². The number of aliphatic hydroxyl groups is 1. The van der Waals surface area contributed by atoms with Crippen LogP contribution in [0.1, 0.15) is 107 Å². The molecular formula is C47H66N10O5. The fourth-order valence-corrected chi connectivity index (χ4v) is 7.87. The number of carbonyl (C=O) groups excluding carboxylic acids is 2. The zero-order chi connectivity index (χ0) is 44.4. The van der Waals surface area contributed by atoms with Gasteiger partial charge < -0.3 is 35.0 Å². The fourth-order valence-electron chi connectivity index (χ4n) is 7.87. The average molecular weight is 851 g/mol. The molecule has 0 aromatic carbocycles. The van der Waals surface area contributed by atoms with Crippen LogP contribution in [0.2, 0.25) is 0 Å². The Morgan fingerprint density at radius 1 is 0.710 bits per heavy atom. The Morgan fingerprint density at radius 2 is 1.21 bits per heavy atom. The highest BCUT2D eigenvalue weighted by atomic mass is 16.7. The van der Waals surface area contributed by atoms with Crippen LogP contribution in [0.25, 0.3) is 23.0 Å². The van der Waals surface area contributed by atoms with Crippen LogP contribution >= 0.6 is 0 Å². The molecule has 1 saturated heterocycles. The number of carbonyl (C=O) groups is 2. The molecule has 7 rings (SSSR count). The number of rotatable bonds is 14. The molecule has 15 heteroatoms. The molecule has 3 N–H and O–H groups in total. The van der Waals surface area contributed by atoms with Gasteiger partial charge in [0.15, 0.2) is 17.9 Å². The number of aromatic nitrogens is 6. The number of likely N-dealkylation sites (N-methyl/N-ethyl adjacent to an activating group) is 2. The Morgan fingerprint density at radius 3 is 1.63 bits per heavy atom. The summed E-state index contributed by atoms with van der Waals surface area (Å²) < 4.78 is 11.5. The van der Waals surface area contributed by atoms with Crippen molar-refractivity contribution >= 4 is 23.5 Å². The molecule has 1 atom stereocenters. The van der Waals surface area contributed by atoms with Gasteiger partial charge >= 0.3 is 0 Å². The number of aryl methyl sites for hydroxylation is 2. The molecule has 1 aliphatic heterocycles. The minimum absolute atomic E-state index is 0.0229. The largest absolute Gasteiger partial charge is 0.396 e. The molecule has 2 amide bonds. The summed E-state index contributed by atoms with van der Waals surface area (Å²) in [5.74, 6) is 2.76. The van der Waals surface area contributed by atoms with Gasteiger partial charge in [-0.15, -0.1) is 0 Å². The van der Waals surface area contributed by atoms with Crippen molar-refractivity contribution in [2.45, 2.75) is 130 Å². The number of anilines is 2. The number of amides is 2. The van der Waals surface area contributed by atoms with Crippen LogP contribution < -0.4 is 20.4 Å². The summed E-state index contributed by atoms with van der Waals surface area (Å²) in [7, 11) is 3.81. The maximum absolute atomic E-state index is 12.5. The lowest BCUT2D eigenvalue weighted by Crippen LogP contribution is -2.45. The highest BCUT2D eigenvalue weighted by Crippen LogP contribution is 2.32. The quantitative estimate of drug-likeness (QED) is 0.147. The predicted molar refractivity (Wildman–Crippen MR) is 241 cm³/mol. The molecule has 0 saturated carbocycles. The lowest BCUT2D eigenvalue weighted by molar-refractivity contribution is -0.161. The summed E-state index contributed by atoms with van der Waals surface area (Å²) in [6.45, 7) is 13.9. The maximum Gasteiger partial charge on any atom is 0.239 e. The summed E-state index contributed by atoms with van der Waals surface area (Å²) in [5, 5.41) is 15.1. The van der Waals surface area contributed by atoms with Gasteiger partial charge in [0, 0.05) is 73.3 Å². The van der Waals surface area contributed by atoms with E-state index < -0.39 is 0 Å². The van der Waals surface area contributed by atoms with Crippen LogP contribution in [0.15, 0.2) is 36.7 Å². The van der Waals surface area contributed by atoms with E-state index in [4.69, 9.17) is 34.5 Å². The van der Waals surface area contributed by atoms with Gasteiger partial charge in [-0.1, -0.05) is 12.1 Å². The molecule has 62 heavy (non-hydrogen) atoms. The van der Waals surface area contributed by atoms with Crippen molar-refractivity contribution in [3.8, 4) is 23.0 Å². The molecule has 4 aromatic heterocycles. The van der Waals surface area contributed by atoms with E-state index in [1.807, 2.05) is 89.8 Å². The van der Waals surface area contributed by atoms with Crippen LogP contribution in [0.4, 0.5) is 11.6 Å². The second kappa shape index (κ2) is 20.8. The van der Waals surface area contributed by atoms with Gasteiger partial charge in [-0.05, 0) is 135 Å². The van der Waals surface area contributed by atoms with E-state index in [0.717, 1.165) is 115 Å². The summed E-state index contributed by atoms with van der Waals surface area (Å²) in [5.41, 5.74) is 7.38. The summed E-state index contributed by atoms with van der Waals surface area (Å²) in [6, 6.07) is 7.86. The van der Waals surface area contributed by atoms with Crippen LogP contribution in [0.3, 0.4) is 0 Å². The van der Waals surface area contributed by atoms with Crippen molar-refractivity contribution in [1.29, 1.82) is 0 Å². The van der Waals surface area contributed by atoms with Gasteiger partial charge in [0.1, 0.15) is 23.0 Å². The molecule has 0 spiro atoms. The summed E-state index contributed by atoms with van der Waals surface area (Å²) in [6.07, 6.45) is 14.0. The standard InChI is InChI=1S/C26H37N5O3.C21H29N5O2/c1-26(2,3)30-22(32)17-31(4)25-19-8-7-9-20(19)28-24(29-25)21-12-11-18(16-27-21)13-15-34-23-10-5-6-14-33-23;1-21(2,3)25-18(28)13-26(4)20-15-6-5-7-16(15)23-19(24-20)17-9-8-14(10-11-27)12-22-17/h11-12,16,23H,5-10,13-15,17H2,1-4H3,(H,30,32);8-9,12,27H,5-7,10-11,13H2,1-4H3,(H,25,28). The van der Waals surface area contributed by atoms with Gasteiger partial charge in [0.05, 0.1) is 19.7 Å². The van der Waals surface area contributed by atoms with Gasteiger partial charge in [-0.25, -0.2) is 19.9 Å². The summed E-state index contributed by atoms with van der Waals surface area (Å²) >= 11 is 0. The lowest BCUT2D eigenvalue weighted by Gasteiger charge is -2.25. The van der Waals surface area contributed by atoms with Crippen LogP contribution in [-0.2, 0) is 57.6 Å². The number of fused-ring (bicyclic) bond motifs is 2. The average Bonchev–Trinajstić information content (AvgIpc) is 3.90.